The van der Waals surface area contributed by atoms with Gasteiger partial charge in [0, 0.05) is 5.69 Å². The second kappa shape index (κ2) is 8.02. The second-order valence-electron chi connectivity index (χ2n) is 5.44. The Labute approximate surface area is 151 Å². The number of benzene rings is 2. The highest BCUT2D eigenvalue weighted by Gasteiger charge is 2.11. The standard InChI is InChI=1S/C20H19N3O3/c1-25-16-10-7-14(8-11-16)22-19-12-9-15(13-21-19)23-20(24)17-5-3-4-6-18(17)26-2/h3-13H,1-2H3,(H,21,22)(H,23,24). The van der Waals surface area contributed by atoms with Gasteiger partial charge in [0.2, 0.25) is 0 Å². The van der Waals surface area contributed by atoms with Crippen molar-refractivity contribution in [1.29, 1.82) is 0 Å². The molecule has 0 aliphatic heterocycles. The van der Waals surface area contributed by atoms with Crippen LogP contribution in [0.4, 0.5) is 17.2 Å². The summed E-state index contributed by atoms with van der Waals surface area (Å²) >= 11 is 0. The summed E-state index contributed by atoms with van der Waals surface area (Å²) in [5.74, 6) is 1.74. The van der Waals surface area contributed by atoms with Crippen molar-refractivity contribution in [1.82, 2.24) is 4.98 Å². The molecule has 0 unspecified atom stereocenters. The molecule has 0 fully saturated rings. The van der Waals surface area contributed by atoms with E-state index in [0.717, 1.165) is 11.4 Å². The molecule has 6 nitrogen and oxygen atoms in total. The summed E-state index contributed by atoms with van der Waals surface area (Å²) in [7, 11) is 3.16. The Morgan fingerprint density at radius 1 is 0.885 bits per heavy atom. The first-order valence-electron chi connectivity index (χ1n) is 8.01. The van der Waals surface area contributed by atoms with Crippen molar-refractivity contribution in [2.24, 2.45) is 0 Å². The smallest absolute Gasteiger partial charge is 0.259 e. The van der Waals surface area contributed by atoms with Crippen molar-refractivity contribution in [2.75, 3.05) is 24.9 Å². The van der Waals surface area contributed by atoms with E-state index in [1.165, 1.54) is 7.11 Å². The molecular weight excluding hydrogens is 330 g/mol. The Hall–Kier alpha value is -3.54. The second-order valence-corrected chi connectivity index (χ2v) is 5.44. The predicted octanol–water partition coefficient (Wildman–Crippen LogP) is 4.09. The quantitative estimate of drug-likeness (QED) is 0.701. The zero-order valence-corrected chi connectivity index (χ0v) is 14.5. The zero-order valence-electron chi connectivity index (χ0n) is 14.5. The van der Waals surface area contributed by atoms with Crippen LogP contribution in [0.2, 0.25) is 0 Å². The van der Waals surface area contributed by atoms with Crippen LogP contribution < -0.4 is 20.1 Å². The number of hydrogen-bond donors (Lipinski definition) is 2. The lowest BCUT2D eigenvalue weighted by Crippen LogP contribution is -2.13. The molecule has 3 aromatic rings. The van der Waals surface area contributed by atoms with E-state index in [1.807, 2.05) is 30.3 Å². The zero-order chi connectivity index (χ0) is 18.4. The maximum absolute atomic E-state index is 12.4. The lowest BCUT2D eigenvalue weighted by Gasteiger charge is -2.10. The summed E-state index contributed by atoms with van der Waals surface area (Å²) in [5.41, 5.74) is 1.96. The van der Waals surface area contributed by atoms with Crippen molar-refractivity contribution < 1.29 is 14.3 Å². The van der Waals surface area contributed by atoms with E-state index in [2.05, 4.69) is 15.6 Å². The maximum atomic E-state index is 12.4. The largest absolute Gasteiger partial charge is 0.497 e. The van der Waals surface area contributed by atoms with Gasteiger partial charge in [0.1, 0.15) is 17.3 Å². The van der Waals surface area contributed by atoms with Gasteiger partial charge in [-0.25, -0.2) is 4.98 Å². The maximum Gasteiger partial charge on any atom is 0.259 e. The number of rotatable bonds is 6. The monoisotopic (exact) mass is 349 g/mol. The number of amides is 1. The molecule has 3 rings (SSSR count). The van der Waals surface area contributed by atoms with E-state index in [9.17, 15) is 4.79 Å². The van der Waals surface area contributed by atoms with Gasteiger partial charge in [0.15, 0.2) is 0 Å². The molecule has 26 heavy (non-hydrogen) atoms. The first kappa shape index (κ1) is 17.3. The number of aromatic nitrogens is 1. The number of ether oxygens (including phenoxy) is 2. The van der Waals surface area contributed by atoms with Crippen LogP contribution in [0.15, 0.2) is 66.9 Å². The van der Waals surface area contributed by atoms with Gasteiger partial charge >= 0.3 is 0 Å². The fourth-order valence-electron chi connectivity index (χ4n) is 2.39. The van der Waals surface area contributed by atoms with Crippen molar-refractivity contribution in [3.8, 4) is 11.5 Å². The summed E-state index contributed by atoms with van der Waals surface area (Å²) in [4.78, 5) is 16.7. The first-order chi connectivity index (χ1) is 12.7. The van der Waals surface area contributed by atoms with Gasteiger partial charge in [-0.15, -0.1) is 0 Å². The van der Waals surface area contributed by atoms with Crippen LogP contribution in [0.1, 0.15) is 10.4 Å². The number of anilines is 3. The van der Waals surface area contributed by atoms with Crippen LogP contribution in [0.25, 0.3) is 0 Å². The minimum absolute atomic E-state index is 0.250. The van der Waals surface area contributed by atoms with Gasteiger partial charge in [-0.1, -0.05) is 12.1 Å². The molecule has 1 aromatic heterocycles. The van der Waals surface area contributed by atoms with Crippen LogP contribution >= 0.6 is 0 Å². The van der Waals surface area contributed by atoms with Crippen molar-refractivity contribution in [3.63, 3.8) is 0 Å². The summed E-state index contributed by atoms with van der Waals surface area (Å²) in [6.45, 7) is 0. The van der Waals surface area contributed by atoms with Gasteiger partial charge in [0.25, 0.3) is 5.91 Å². The number of pyridine rings is 1. The Morgan fingerprint density at radius 3 is 2.27 bits per heavy atom. The first-order valence-corrected chi connectivity index (χ1v) is 8.01. The van der Waals surface area contributed by atoms with Crippen LogP contribution in [0.3, 0.4) is 0 Å². The highest BCUT2D eigenvalue weighted by atomic mass is 16.5. The van der Waals surface area contributed by atoms with Crippen LogP contribution in [-0.4, -0.2) is 25.1 Å². The third-order valence-corrected chi connectivity index (χ3v) is 3.74. The molecular formula is C20H19N3O3. The summed E-state index contributed by atoms with van der Waals surface area (Å²) in [5, 5.41) is 6.00. The fourth-order valence-corrected chi connectivity index (χ4v) is 2.39. The Bertz CT molecular complexity index is 878. The van der Waals surface area contributed by atoms with Crippen LogP contribution in [0, 0.1) is 0 Å². The molecule has 1 amide bonds. The van der Waals surface area contributed by atoms with Gasteiger partial charge in [-0.2, -0.15) is 0 Å². The number of methoxy groups -OCH3 is 2. The molecule has 2 aromatic carbocycles. The highest BCUT2D eigenvalue weighted by molar-refractivity contribution is 6.06. The van der Waals surface area contributed by atoms with E-state index in [-0.39, 0.29) is 5.91 Å². The Morgan fingerprint density at radius 2 is 1.62 bits per heavy atom. The molecule has 132 valence electrons. The SMILES string of the molecule is COc1ccc(Nc2ccc(NC(=O)c3ccccc3OC)cn2)cc1. The summed E-state index contributed by atoms with van der Waals surface area (Å²) < 4.78 is 10.3. The Kier molecular flexibility index (Phi) is 5.34. The van der Waals surface area contributed by atoms with Crippen LogP contribution in [-0.2, 0) is 0 Å². The average Bonchev–Trinajstić information content (AvgIpc) is 2.70. The number of carbonyl (C=O) groups is 1. The van der Waals surface area contributed by atoms with E-state index in [0.29, 0.717) is 22.8 Å². The topological polar surface area (TPSA) is 72.5 Å². The predicted molar refractivity (Wildman–Crippen MR) is 101 cm³/mol. The van der Waals surface area contributed by atoms with E-state index >= 15 is 0 Å². The molecule has 0 radical (unpaired) electrons. The number of hydrogen-bond acceptors (Lipinski definition) is 5. The molecule has 1 heterocycles. The molecule has 0 bridgehead atoms. The van der Waals surface area contributed by atoms with Gasteiger partial charge in [0.05, 0.1) is 31.7 Å². The summed E-state index contributed by atoms with van der Waals surface area (Å²) in [6.07, 6.45) is 1.60. The molecule has 0 atom stereocenters. The van der Waals surface area contributed by atoms with Gasteiger partial charge < -0.3 is 20.1 Å². The molecule has 0 spiro atoms. The molecule has 2 N–H and O–H groups in total. The number of nitrogens with zero attached hydrogens (tertiary/aromatic N) is 1. The third-order valence-electron chi connectivity index (χ3n) is 3.74. The van der Waals surface area contributed by atoms with Crippen molar-refractivity contribution in [2.45, 2.75) is 0 Å². The average molecular weight is 349 g/mol. The lowest BCUT2D eigenvalue weighted by atomic mass is 10.2. The fraction of sp³-hybridized carbons (Fsp3) is 0.100. The highest BCUT2D eigenvalue weighted by Crippen LogP contribution is 2.21. The Balaban J connectivity index is 1.66. The molecule has 0 saturated carbocycles. The molecule has 0 aliphatic rings. The molecule has 0 aliphatic carbocycles. The third kappa shape index (κ3) is 4.10. The number of nitrogens with one attached hydrogen (secondary N) is 2. The van der Waals surface area contributed by atoms with E-state index < -0.39 is 0 Å². The van der Waals surface area contributed by atoms with E-state index in [4.69, 9.17) is 9.47 Å². The van der Waals surface area contributed by atoms with Crippen LogP contribution in [0.5, 0.6) is 11.5 Å². The number of para-hydroxylation sites is 1. The number of carbonyl (C=O) groups excluding carboxylic acids is 1. The lowest BCUT2D eigenvalue weighted by molar-refractivity contribution is 0.102. The van der Waals surface area contributed by atoms with Gasteiger partial charge in [-0.05, 0) is 48.5 Å². The minimum atomic E-state index is -0.250. The van der Waals surface area contributed by atoms with E-state index in [1.54, 1.807) is 43.6 Å². The molecule has 6 heteroatoms. The normalized spacial score (nSPS) is 10.1. The molecule has 0 saturated heterocycles. The van der Waals surface area contributed by atoms with Crippen molar-refractivity contribution >= 4 is 23.1 Å². The summed E-state index contributed by atoms with van der Waals surface area (Å²) in [6, 6.07) is 18.2. The van der Waals surface area contributed by atoms with Crippen molar-refractivity contribution in [3.05, 3.63) is 72.4 Å². The minimum Gasteiger partial charge on any atom is -0.497 e. The van der Waals surface area contributed by atoms with Gasteiger partial charge in [-0.3, -0.25) is 4.79 Å².